The molecule has 0 spiro atoms. The summed E-state index contributed by atoms with van der Waals surface area (Å²) in [5, 5.41) is 9.34. The third-order valence-electron chi connectivity index (χ3n) is 5.92. The highest BCUT2D eigenvalue weighted by Crippen LogP contribution is 2.30. The van der Waals surface area contributed by atoms with E-state index in [1.807, 2.05) is 51.3 Å². The van der Waals surface area contributed by atoms with Crippen molar-refractivity contribution < 1.29 is 19.4 Å². The summed E-state index contributed by atoms with van der Waals surface area (Å²) >= 11 is 1.67. The van der Waals surface area contributed by atoms with Crippen molar-refractivity contribution >= 4 is 23.5 Å². The molecule has 4 nitrogen and oxygen atoms in total. The first-order chi connectivity index (χ1) is 14.5. The molecule has 31 heavy (non-hydrogen) atoms. The maximum absolute atomic E-state index is 12.9. The van der Waals surface area contributed by atoms with Gasteiger partial charge < -0.3 is 9.84 Å². The Morgan fingerprint density at radius 3 is 2.10 bits per heavy atom. The van der Waals surface area contributed by atoms with Crippen LogP contribution in [0.1, 0.15) is 61.2 Å². The van der Waals surface area contributed by atoms with Gasteiger partial charge in [-0.15, -0.1) is 11.8 Å². The highest BCUT2D eigenvalue weighted by Gasteiger charge is 2.30. The molecule has 2 rings (SSSR count). The van der Waals surface area contributed by atoms with Gasteiger partial charge >= 0.3 is 5.97 Å². The van der Waals surface area contributed by atoms with Crippen molar-refractivity contribution in [2.75, 3.05) is 6.26 Å². The zero-order valence-corrected chi connectivity index (χ0v) is 20.4. The van der Waals surface area contributed by atoms with Gasteiger partial charge in [0.15, 0.2) is 11.4 Å². The summed E-state index contributed by atoms with van der Waals surface area (Å²) < 4.78 is 5.79. The van der Waals surface area contributed by atoms with Crippen LogP contribution >= 0.6 is 11.8 Å². The van der Waals surface area contributed by atoms with Gasteiger partial charge in [-0.2, -0.15) is 0 Å². The molecular weight excluding hydrogens is 408 g/mol. The van der Waals surface area contributed by atoms with Gasteiger partial charge in [0.2, 0.25) is 0 Å². The monoisotopic (exact) mass is 442 g/mol. The van der Waals surface area contributed by atoms with E-state index in [4.69, 9.17) is 4.74 Å². The average Bonchev–Trinajstić information content (AvgIpc) is 2.73. The molecule has 0 aliphatic carbocycles. The van der Waals surface area contributed by atoms with E-state index in [0.717, 1.165) is 34.4 Å². The molecule has 0 saturated carbocycles. The van der Waals surface area contributed by atoms with Crippen molar-refractivity contribution in [2.45, 2.75) is 64.9 Å². The molecule has 0 saturated heterocycles. The van der Waals surface area contributed by atoms with Gasteiger partial charge in [-0.3, -0.25) is 4.79 Å². The summed E-state index contributed by atoms with van der Waals surface area (Å²) in [6.07, 6.45) is 3.78. The van der Waals surface area contributed by atoms with Crippen LogP contribution in [-0.4, -0.2) is 28.7 Å². The van der Waals surface area contributed by atoms with E-state index in [1.54, 1.807) is 25.6 Å². The topological polar surface area (TPSA) is 63.6 Å². The number of aryl methyl sites for hydroxylation is 3. The number of carboxylic acid groups (broad SMARTS) is 1. The number of aliphatic carboxylic acids is 1. The van der Waals surface area contributed by atoms with E-state index in [1.165, 1.54) is 5.56 Å². The summed E-state index contributed by atoms with van der Waals surface area (Å²) in [6.45, 7) is 11.1. The summed E-state index contributed by atoms with van der Waals surface area (Å²) in [5.74, 6) is 0.0102. The van der Waals surface area contributed by atoms with Crippen LogP contribution in [0, 0.1) is 25.7 Å². The molecule has 0 heterocycles. The third-order valence-corrected chi connectivity index (χ3v) is 6.67. The number of ether oxygens (including phenoxy) is 1. The lowest BCUT2D eigenvalue weighted by atomic mass is 9.84. The summed E-state index contributed by atoms with van der Waals surface area (Å²) in [5.41, 5.74) is 2.51. The maximum atomic E-state index is 12.9. The van der Waals surface area contributed by atoms with Crippen LogP contribution in [0.15, 0.2) is 41.3 Å². The maximum Gasteiger partial charge on any atom is 0.347 e. The molecule has 0 radical (unpaired) electrons. The van der Waals surface area contributed by atoms with Crippen molar-refractivity contribution in [3.8, 4) is 5.75 Å². The number of hydrogen-bond acceptors (Lipinski definition) is 4. The molecule has 0 aliphatic heterocycles. The number of ketones is 1. The second-order valence-corrected chi connectivity index (χ2v) is 9.75. The number of carboxylic acids is 1. The largest absolute Gasteiger partial charge is 0.478 e. The van der Waals surface area contributed by atoms with E-state index in [0.29, 0.717) is 5.75 Å². The second-order valence-electron chi connectivity index (χ2n) is 8.87. The zero-order valence-electron chi connectivity index (χ0n) is 19.6. The van der Waals surface area contributed by atoms with Crippen LogP contribution < -0.4 is 4.74 Å². The number of carbonyl (C=O) groups excluding carboxylic acids is 1. The normalized spacial score (nSPS) is 13.5. The summed E-state index contributed by atoms with van der Waals surface area (Å²) in [4.78, 5) is 25.4. The Labute approximate surface area is 190 Å². The molecule has 168 valence electrons. The molecule has 2 aromatic rings. The number of Topliss-reactive ketones (excluding diaryl/α,β-unsaturated/α-hetero) is 1. The Balaban J connectivity index is 2.04. The fourth-order valence-electron chi connectivity index (χ4n) is 3.57. The lowest BCUT2D eigenvalue weighted by Crippen LogP contribution is -2.38. The van der Waals surface area contributed by atoms with Crippen molar-refractivity contribution in [3.63, 3.8) is 0 Å². The van der Waals surface area contributed by atoms with Crippen LogP contribution in [0.25, 0.3) is 0 Å². The Bertz CT molecular complexity index is 908. The Kier molecular flexibility index (Phi) is 8.35. The average molecular weight is 443 g/mol. The van der Waals surface area contributed by atoms with E-state index < -0.39 is 11.6 Å². The number of benzene rings is 2. The summed E-state index contributed by atoms with van der Waals surface area (Å²) in [7, 11) is 0. The standard InChI is InChI=1S/C26H34O4S/c1-16(19(4)23(27)21-10-12-22(31-7)13-11-21)8-9-20-14-17(2)24(18(3)15-20)30-26(5,6)25(28)29/h10-16,19H,8-9H2,1-7H3,(H,28,29)/t16-,19+/m0/s1. The second kappa shape index (κ2) is 10.4. The first-order valence-corrected chi connectivity index (χ1v) is 11.9. The SMILES string of the molecule is CSc1ccc(C(=O)[C@H](C)[C@@H](C)CCc2cc(C)c(OC(C)(C)C(=O)O)c(C)c2)cc1. The smallest absolute Gasteiger partial charge is 0.347 e. The fourth-order valence-corrected chi connectivity index (χ4v) is 3.97. The molecule has 2 aromatic carbocycles. The van der Waals surface area contributed by atoms with E-state index >= 15 is 0 Å². The van der Waals surface area contributed by atoms with Gasteiger partial charge in [-0.05, 0) is 81.5 Å². The van der Waals surface area contributed by atoms with Gasteiger partial charge in [0.1, 0.15) is 5.75 Å². The molecule has 2 atom stereocenters. The highest BCUT2D eigenvalue weighted by molar-refractivity contribution is 7.98. The summed E-state index contributed by atoms with van der Waals surface area (Å²) in [6, 6.07) is 11.9. The Hall–Kier alpha value is -2.27. The molecule has 5 heteroatoms. The van der Waals surface area contributed by atoms with Crippen molar-refractivity contribution in [1.82, 2.24) is 0 Å². The van der Waals surface area contributed by atoms with Gasteiger partial charge in [-0.1, -0.05) is 38.1 Å². The molecule has 0 aliphatic rings. The third kappa shape index (κ3) is 6.36. The molecular formula is C26H34O4S. The van der Waals surface area contributed by atoms with Crippen molar-refractivity contribution in [2.24, 2.45) is 11.8 Å². The van der Waals surface area contributed by atoms with Crippen LogP contribution in [0.5, 0.6) is 5.75 Å². The van der Waals surface area contributed by atoms with Crippen LogP contribution in [-0.2, 0) is 11.2 Å². The Morgan fingerprint density at radius 2 is 1.61 bits per heavy atom. The minimum absolute atomic E-state index is 0.0544. The number of hydrogen-bond donors (Lipinski definition) is 1. The lowest BCUT2D eigenvalue weighted by Gasteiger charge is -2.25. The van der Waals surface area contributed by atoms with Gasteiger partial charge in [-0.25, -0.2) is 4.79 Å². The quantitative estimate of drug-likeness (QED) is 0.343. The minimum atomic E-state index is -1.28. The molecule has 1 N–H and O–H groups in total. The van der Waals surface area contributed by atoms with Gasteiger partial charge in [0.25, 0.3) is 0 Å². The number of carbonyl (C=O) groups is 2. The van der Waals surface area contributed by atoms with Crippen LogP contribution in [0.4, 0.5) is 0 Å². The van der Waals surface area contributed by atoms with Crippen LogP contribution in [0.3, 0.4) is 0 Å². The lowest BCUT2D eigenvalue weighted by molar-refractivity contribution is -0.152. The van der Waals surface area contributed by atoms with E-state index in [2.05, 4.69) is 19.1 Å². The van der Waals surface area contributed by atoms with Crippen molar-refractivity contribution in [1.29, 1.82) is 0 Å². The zero-order chi connectivity index (χ0) is 23.3. The molecule has 0 aromatic heterocycles. The molecule has 0 amide bonds. The first kappa shape index (κ1) is 25.0. The van der Waals surface area contributed by atoms with Crippen molar-refractivity contribution in [3.05, 3.63) is 58.7 Å². The molecule has 0 bridgehead atoms. The molecule has 0 unspecified atom stereocenters. The van der Waals surface area contributed by atoms with Gasteiger partial charge in [0.05, 0.1) is 0 Å². The highest BCUT2D eigenvalue weighted by atomic mass is 32.2. The van der Waals surface area contributed by atoms with Gasteiger partial charge in [0, 0.05) is 16.4 Å². The van der Waals surface area contributed by atoms with E-state index in [9.17, 15) is 14.7 Å². The first-order valence-electron chi connectivity index (χ1n) is 10.7. The minimum Gasteiger partial charge on any atom is -0.478 e. The molecule has 0 fully saturated rings. The number of rotatable bonds is 10. The predicted octanol–water partition coefficient (Wildman–Crippen LogP) is 6.36. The fraction of sp³-hybridized carbons (Fsp3) is 0.462. The Morgan fingerprint density at radius 1 is 1.06 bits per heavy atom. The predicted molar refractivity (Wildman–Crippen MR) is 127 cm³/mol. The van der Waals surface area contributed by atoms with Crippen LogP contribution in [0.2, 0.25) is 0 Å². The number of thioether (sulfide) groups is 1. The van der Waals surface area contributed by atoms with E-state index in [-0.39, 0.29) is 17.6 Å².